The molecule has 1 aromatic carbocycles. The first-order chi connectivity index (χ1) is 9.54. The minimum atomic E-state index is -0.563. The van der Waals surface area contributed by atoms with Crippen LogP contribution in [0.25, 0.3) is 0 Å². The van der Waals surface area contributed by atoms with Crippen molar-refractivity contribution in [3.05, 3.63) is 29.8 Å². The minimum Gasteiger partial charge on any atom is -0.466 e. The maximum Gasteiger partial charge on any atom is 0.315 e. The third-order valence-corrected chi connectivity index (χ3v) is 4.05. The number of nitrogens with zero attached hydrogens (tertiary/aromatic N) is 1. The third-order valence-electron chi connectivity index (χ3n) is 4.05. The lowest BCUT2D eigenvalue weighted by Gasteiger charge is -2.43. The van der Waals surface area contributed by atoms with E-state index in [9.17, 15) is 4.79 Å². The lowest BCUT2D eigenvalue weighted by atomic mass is 9.74. The van der Waals surface area contributed by atoms with E-state index < -0.39 is 5.72 Å². The van der Waals surface area contributed by atoms with E-state index in [0.29, 0.717) is 13.0 Å². The van der Waals surface area contributed by atoms with Gasteiger partial charge in [-0.15, -0.1) is 0 Å². The minimum absolute atomic E-state index is 0.0847. The topological polar surface area (TPSA) is 47.9 Å². The Morgan fingerprint density at radius 3 is 3.00 bits per heavy atom. The van der Waals surface area contributed by atoms with E-state index in [1.54, 1.807) is 0 Å². The fourth-order valence-corrected chi connectivity index (χ4v) is 3.34. The molecule has 0 saturated heterocycles. The zero-order valence-corrected chi connectivity index (χ0v) is 12.1. The molecule has 0 aliphatic carbocycles. The Hall–Kier alpha value is -1.84. The van der Waals surface area contributed by atoms with Crippen LogP contribution in [0.1, 0.15) is 38.7 Å². The van der Waals surface area contributed by atoms with Crippen molar-refractivity contribution in [2.24, 2.45) is 10.9 Å². The highest BCUT2D eigenvalue weighted by atomic mass is 16.5. The molecule has 0 aromatic heterocycles. The summed E-state index contributed by atoms with van der Waals surface area (Å²) < 4.78 is 11.2. The van der Waals surface area contributed by atoms with Crippen molar-refractivity contribution >= 4 is 11.7 Å². The summed E-state index contributed by atoms with van der Waals surface area (Å²) >= 11 is 0. The van der Waals surface area contributed by atoms with Gasteiger partial charge in [0.1, 0.15) is 11.7 Å². The van der Waals surface area contributed by atoms with E-state index in [0.717, 1.165) is 17.0 Å². The number of rotatable bonds is 2. The van der Waals surface area contributed by atoms with Crippen molar-refractivity contribution in [3.63, 3.8) is 0 Å². The molecule has 0 N–H and O–H groups in total. The quantitative estimate of drug-likeness (QED) is 0.778. The van der Waals surface area contributed by atoms with Gasteiger partial charge in [0.2, 0.25) is 0 Å². The number of carbonyl (C=O) groups excluding carboxylic acids is 1. The molecule has 4 nitrogen and oxygen atoms in total. The summed E-state index contributed by atoms with van der Waals surface area (Å²) in [4.78, 5) is 16.9. The van der Waals surface area contributed by atoms with Crippen molar-refractivity contribution in [1.29, 1.82) is 0 Å². The number of para-hydroxylation sites is 1. The van der Waals surface area contributed by atoms with Gasteiger partial charge in [0, 0.05) is 18.1 Å². The normalized spacial score (nSPS) is 30.9. The number of carbonyl (C=O) groups is 1. The second-order valence-corrected chi connectivity index (χ2v) is 5.61. The van der Waals surface area contributed by atoms with E-state index in [1.165, 1.54) is 0 Å². The summed E-state index contributed by atoms with van der Waals surface area (Å²) in [6.45, 7) is 6.09. The van der Waals surface area contributed by atoms with Crippen LogP contribution in [0.3, 0.4) is 0 Å². The lowest BCUT2D eigenvalue weighted by Crippen LogP contribution is -2.47. The lowest BCUT2D eigenvalue weighted by molar-refractivity contribution is -0.147. The van der Waals surface area contributed by atoms with Gasteiger partial charge in [0.05, 0.1) is 6.61 Å². The van der Waals surface area contributed by atoms with Crippen LogP contribution in [0.5, 0.6) is 5.75 Å². The Morgan fingerprint density at radius 2 is 2.25 bits per heavy atom. The molecule has 3 atom stereocenters. The van der Waals surface area contributed by atoms with Crippen molar-refractivity contribution < 1.29 is 14.3 Å². The number of fused-ring (bicyclic) bond motifs is 4. The average molecular weight is 273 g/mol. The molecule has 2 aliphatic rings. The van der Waals surface area contributed by atoms with Gasteiger partial charge in [-0.05, 0) is 32.4 Å². The van der Waals surface area contributed by atoms with Gasteiger partial charge in [0.15, 0.2) is 5.72 Å². The van der Waals surface area contributed by atoms with E-state index in [-0.39, 0.29) is 17.8 Å². The van der Waals surface area contributed by atoms with E-state index in [2.05, 4.69) is 4.99 Å². The molecular weight excluding hydrogens is 254 g/mol. The largest absolute Gasteiger partial charge is 0.466 e. The van der Waals surface area contributed by atoms with Crippen LogP contribution in [-0.4, -0.2) is 24.0 Å². The number of benzene rings is 1. The molecular formula is C16H19NO3. The summed E-state index contributed by atoms with van der Waals surface area (Å²) in [6, 6.07) is 7.90. The fraction of sp³-hybridized carbons (Fsp3) is 0.500. The maximum atomic E-state index is 12.3. The predicted molar refractivity (Wildman–Crippen MR) is 76.1 cm³/mol. The molecule has 2 aliphatic heterocycles. The van der Waals surface area contributed by atoms with Crippen LogP contribution < -0.4 is 4.74 Å². The van der Waals surface area contributed by atoms with Gasteiger partial charge in [-0.25, -0.2) is 4.99 Å². The zero-order valence-electron chi connectivity index (χ0n) is 12.1. The van der Waals surface area contributed by atoms with Crippen molar-refractivity contribution in [2.45, 2.75) is 38.8 Å². The number of aliphatic imine (C=N–C) groups is 1. The fourth-order valence-electron chi connectivity index (χ4n) is 3.34. The molecule has 0 fully saturated rings. The molecule has 0 saturated carbocycles. The van der Waals surface area contributed by atoms with Crippen LogP contribution in [0.2, 0.25) is 0 Å². The zero-order chi connectivity index (χ0) is 14.3. The average Bonchev–Trinajstić information content (AvgIpc) is 2.37. The van der Waals surface area contributed by atoms with E-state index in [4.69, 9.17) is 9.47 Å². The first kappa shape index (κ1) is 13.2. The first-order valence-electron chi connectivity index (χ1n) is 7.05. The number of esters is 1. The molecule has 0 radical (unpaired) electrons. The Kier molecular flexibility index (Phi) is 3.04. The maximum absolute atomic E-state index is 12.3. The molecule has 2 heterocycles. The van der Waals surface area contributed by atoms with Crippen LogP contribution in [0, 0.1) is 5.92 Å². The number of ether oxygens (including phenoxy) is 2. The van der Waals surface area contributed by atoms with Gasteiger partial charge in [-0.3, -0.25) is 4.79 Å². The highest BCUT2D eigenvalue weighted by Gasteiger charge is 2.48. The summed E-state index contributed by atoms with van der Waals surface area (Å²) in [5.74, 6) is 0.434. The van der Waals surface area contributed by atoms with Gasteiger partial charge in [0.25, 0.3) is 0 Å². The van der Waals surface area contributed by atoms with Gasteiger partial charge in [-0.1, -0.05) is 18.2 Å². The van der Waals surface area contributed by atoms with Crippen LogP contribution >= 0.6 is 0 Å². The first-order valence-corrected chi connectivity index (χ1v) is 7.05. The Labute approximate surface area is 118 Å². The molecule has 1 aromatic rings. The van der Waals surface area contributed by atoms with Gasteiger partial charge in [-0.2, -0.15) is 0 Å². The monoisotopic (exact) mass is 273 g/mol. The standard InChI is InChI=1S/C16H19NO3/c1-4-19-15(18)14-10(2)17-16(3)9-12(14)11-7-5-6-8-13(11)20-16/h5-8,12,14H,4,9H2,1-3H3/t12-,14+,16-/m0/s1. The Morgan fingerprint density at radius 1 is 1.50 bits per heavy atom. The summed E-state index contributed by atoms with van der Waals surface area (Å²) in [6.07, 6.45) is 0.713. The third kappa shape index (κ3) is 1.99. The van der Waals surface area contributed by atoms with Crippen LogP contribution in [0.4, 0.5) is 0 Å². The summed E-state index contributed by atoms with van der Waals surface area (Å²) in [7, 11) is 0. The second-order valence-electron chi connectivity index (χ2n) is 5.61. The summed E-state index contributed by atoms with van der Waals surface area (Å²) in [5.41, 5.74) is 1.32. The predicted octanol–water partition coefficient (Wildman–Crippen LogP) is 2.92. The molecule has 0 amide bonds. The molecule has 20 heavy (non-hydrogen) atoms. The highest BCUT2D eigenvalue weighted by Crippen LogP contribution is 2.48. The molecule has 3 rings (SSSR count). The van der Waals surface area contributed by atoms with Crippen molar-refractivity contribution in [1.82, 2.24) is 0 Å². The Balaban J connectivity index is 2.07. The Bertz CT molecular complexity index is 581. The van der Waals surface area contributed by atoms with Crippen LogP contribution in [-0.2, 0) is 9.53 Å². The smallest absolute Gasteiger partial charge is 0.315 e. The molecule has 106 valence electrons. The molecule has 4 heteroatoms. The molecule has 0 spiro atoms. The van der Waals surface area contributed by atoms with E-state index in [1.807, 2.05) is 45.0 Å². The van der Waals surface area contributed by atoms with Crippen molar-refractivity contribution in [3.8, 4) is 5.75 Å². The number of hydrogen-bond acceptors (Lipinski definition) is 4. The number of hydrogen-bond donors (Lipinski definition) is 0. The van der Waals surface area contributed by atoms with Gasteiger partial charge >= 0.3 is 5.97 Å². The second kappa shape index (κ2) is 4.62. The van der Waals surface area contributed by atoms with Crippen LogP contribution in [0.15, 0.2) is 29.3 Å². The van der Waals surface area contributed by atoms with Gasteiger partial charge < -0.3 is 9.47 Å². The van der Waals surface area contributed by atoms with E-state index >= 15 is 0 Å². The molecule has 2 bridgehead atoms. The molecule has 0 unspecified atom stereocenters. The SMILES string of the molecule is CCOC(=O)[C@@H]1C(C)=N[C@]2(C)C[C@H]1c1ccccc1O2. The van der Waals surface area contributed by atoms with Crippen molar-refractivity contribution in [2.75, 3.05) is 6.61 Å². The highest BCUT2D eigenvalue weighted by molar-refractivity contribution is 6.02. The summed E-state index contributed by atoms with van der Waals surface area (Å²) in [5, 5.41) is 0.